The molecule has 1 aromatic carbocycles. The summed E-state index contributed by atoms with van der Waals surface area (Å²) in [6, 6.07) is 6.07. The van der Waals surface area contributed by atoms with E-state index >= 15 is 0 Å². The summed E-state index contributed by atoms with van der Waals surface area (Å²) in [5, 5.41) is 24.5. The van der Waals surface area contributed by atoms with Crippen LogP contribution in [-0.4, -0.2) is 19.8 Å². The molecule has 0 saturated carbocycles. The van der Waals surface area contributed by atoms with Gasteiger partial charge in [0.1, 0.15) is 17.2 Å². The highest BCUT2D eigenvalue weighted by atomic mass is 16.6. The molecule has 0 aliphatic heterocycles. The van der Waals surface area contributed by atoms with Gasteiger partial charge in [0, 0.05) is 12.6 Å². The van der Waals surface area contributed by atoms with Crippen LogP contribution in [0.25, 0.3) is 0 Å². The van der Waals surface area contributed by atoms with E-state index in [4.69, 9.17) is 4.74 Å². The first-order valence-electron chi connectivity index (χ1n) is 5.71. The van der Waals surface area contributed by atoms with Gasteiger partial charge in [0.15, 0.2) is 0 Å². The summed E-state index contributed by atoms with van der Waals surface area (Å²) in [4.78, 5) is 10.5. The first-order chi connectivity index (χ1) is 9.02. The van der Waals surface area contributed by atoms with Gasteiger partial charge in [-0.05, 0) is 26.0 Å². The van der Waals surface area contributed by atoms with E-state index < -0.39 is 4.92 Å². The first kappa shape index (κ1) is 12.9. The minimum atomic E-state index is -0.521. The van der Waals surface area contributed by atoms with Crippen molar-refractivity contribution >= 4 is 5.69 Å². The second kappa shape index (κ2) is 4.97. The summed E-state index contributed by atoms with van der Waals surface area (Å²) in [7, 11) is 0. The number of ether oxygens (including phenoxy) is 1. The Labute approximate surface area is 109 Å². The van der Waals surface area contributed by atoms with Gasteiger partial charge < -0.3 is 9.84 Å². The molecule has 0 saturated heterocycles. The van der Waals surface area contributed by atoms with E-state index in [1.165, 1.54) is 16.8 Å². The van der Waals surface area contributed by atoms with E-state index in [-0.39, 0.29) is 17.3 Å². The minimum Gasteiger partial charge on any atom is -0.508 e. The van der Waals surface area contributed by atoms with Crippen molar-refractivity contribution < 1.29 is 14.8 Å². The highest BCUT2D eigenvalue weighted by Crippen LogP contribution is 2.34. The van der Waals surface area contributed by atoms with E-state index in [1.54, 1.807) is 19.1 Å². The number of hydrogen-bond acceptors (Lipinski definition) is 5. The van der Waals surface area contributed by atoms with E-state index in [1.807, 2.05) is 6.92 Å². The fraction of sp³-hybridized carbons (Fsp3) is 0.250. The van der Waals surface area contributed by atoms with Gasteiger partial charge in [-0.3, -0.25) is 10.1 Å². The van der Waals surface area contributed by atoms with Crippen LogP contribution in [-0.2, 0) is 6.54 Å². The molecule has 1 heterocycles. The molecule has 19 heavy (non-hydrogen) atoms. The van der Waals surface area contributed by atoms with E-state index in [9.17, 15) is 15.2 Å². The zero-order valence-corrected chi connectivity index (χ0v) is 10.5. The second-order valence-corrected chi connectivity index (χ2v) is 3.91. The van der Waals surface area contributed by atoms with Crippen LogP contribution in [0.4, 0.5) is 5.69 Å². The molecular formula is C12H13N3O4. The Bertz CT molecular complexity index is 621. The predicted octanol–water partition coefficient (Wildman–Crippen LogP) is 2.62. The fourth-order valence-corrected chi connectivity index (χ4v) is 1.74. The Balaban J connectivity index is 2.46. The molecule has 0 fully saturated rings. The van der Waals surface area contributed by atoms with Crippen LogP contribution in [0.5, 0.6) is 17.4 Å². The van der Waals surface area contributed by atoms with Gasteiger partial charge in [0.05, 0.1) is 4.92 Å². The zero-order chi connectivity index (χ0) is 14.0. The summed E-state index contributed by atoms with van der Waals surface area (Å²) in [5.74, 6) is 0.410. The van der Waals surface area contributed by atoms with Crippen molar-refractivity contribution in [1.82, 2.24) is 9.78 Å². The average molecular weight is 263 g/mol. The maximum atomic E-state index is 11.1. The number of aryl methyl sites for hydroxylation is 2. The van der Waals surface area contributed by atoms with Crippen LogP contribution < -0.4 is 4.74 Å². The average Bonchev–Trinajstić information content (AvgIpc) is 2.65. The lowest BCUT2D eigenvalue weighted by Gasteiger charge is -2.06. The normalized spacial score (nSPS) is 10.4. The fourth-order valence-electron chi connectivity index (χ4n) is 1.74. The molecule has 0 unspecified atom stereocenters. The Morgan fingerprint density at radius 2 is 2.26 bits per heavy atom. The molecule has 0 aliphatic rings. The van der Waals surface area contributed by atoms with Gasteiger partial charge in [-0.1, -0.05) is 6.07 Å². The SMILES string of the molecule is CCn1nc(C)c([N+](=O)[O-])c1Oc1cccc(O)c1. The summed E-state index contributed by atoms with van der Waals surface area (Å²) < 4.78 is 6.91. The molecule has 2 aromatic rings. The molecule has 2 rings (SSSR count). The number of aromatic nitrogens is 2. The largest absolute Gasteiger partial charge is 0.508 e. The molecule has 0 radical (unpaired) electrons. The van der Waals surface area contributed by atoms with E-state index in [2.05, 4.69) is 5.10 Å². The lowest BCUT2D eigenvalue weighted by atomic mass is 10.3. The standard InChI is InChI=1S/C12H13N3O4/c1-3-14-12(11(15(17)18)8(2)13-14)19-10-6-4-5-9(16)7-10/h4-7,16H,3H2,1-2H3. The zero-order valence-electron chi connectivity index (χ0n) is 10.5. The molecule has 0 bridgehead atoms. The molecule has 0 atom stereocenters. The molecule has 0 amide bonds. The second-order valence-electron chi connectivity index (χ2n) is 3.91. The summed E-state index contributed by atoms with van der Waals surface area (Å²) in [6.45, 7) is 3.81. The van der Waals surface area contributed by atoms with Crippen molar-refractivity contribution in [2.24, 2.45) is 0 Å². The number of nitro groups is 1. The Morgan fingerprint density at radius 1 is 1.53 bits per heavy atom. The van der Waals surface area contributed by atoms with Crippen molar-refractivity contribution in [3.8, 4) is 17.4 Å². The predicted molar refractivity (Wildman–Crippen MR) is 67.5 cm³/mol. The van der Waals surface area contributed by atoms with Gasteiger partial charge in [-0.25, -0.2) is 4.68 Å². The lowest BCUT2D eigenvalue weighted by Crippen LogP contribution is -2.00. The first-order valence-corrected chi connectivity index (χ1v) is 5.71. The molecule has 7 heteroatoms. The third kappa shape index (κ3) is 2.49. The van der Waals surface area contributed by atoms with Gasteiger partial charge in [-0.15, -0.1) is 0 Å². The monoisotopic (exact) mass is 263 g/mol. The summed E-state index contributed by atoms with van der Waals surface area (Å²) in [5.41, 5.74) is 0.132. The number of phenolic OH excluding ortho intramolecular Hbond substituents is 1. The number of rotatable bonds is 4. The van der Waals surface area contributed by atoms with Crippen LogP contribution in [0.2, 0.25) is 0 Å². The molecule has 0 spiro atoms. The third-order valence-corrected chi connectivity index (χ3v) is 2.56. The maximum Gasteiger partial charge on any atom is 0.353 e. The quantitative estimate of drug-likeness (QED) is 0.676. The Morgan fingerprint density at radius 3 is 2.84 bits per heavy atom. The molecule has 1 N–H and O–H groups in total. The van der Waals surface area contributed by atoms with Crippen molar-refractivity contribution in [3.63, 3.8) is 0 Å². The van der Waals surface area contributed by atoms with Crippen molar-refractivity contribution in [1.29, 1.82) is 0 Å². The van der Waals surface area contributed by atoms with E-state index in [0.717, 1.165) is 0 Å². The van der Waals surface area contributed by atoms with Crippen molar-refractivity contribution in [3.05, 3.63) is 40.1 Å². The summed E-state index contributed by atoms with van der Waals surface area (Å²) >= 11 is 0. The molecule has 1 aromatic heterocycles. The Hall–Kier alpha value is -2.57. The minimum absolute atomic E-state index is 0.0273. The smallest absolute Gasteiger partial charge is 0.353 e. The molecule has 0 aliphatic carbocycles. The van der Waals surface area contributed by atoms with Crippen LogP contribution in [0, 0.1) is 17.0 Å². The van der Waals surface area contributed by atoms with Gasteiger partial charge in [0.25, 0.3) is 5.88 Å². The highest BCUT2D eigenvalue weighted by molar-refractivity contribution is 5.48. The van der Waals surface area contributed by atoms with Crippen LogP contribution in [0.15, 0.2) is 24.3 Å². The van der Waals surface area contributed by atoms with Crippen molar-refractivity contribution in [2.45, 2.75) is 20.4 Å². The lowest BCUT2D eigenvalue weighted by molar-refractivity contribution is -0.386. The topological polar surface area (TPSA) is 90.4 Å². The number of benzene rings is 1. The number of phenols is 1. The highest BCUT2D eigenvalue weighted by Gasteiger charge is 2.27. The number of nitrogens with zero attached hydrogens (tertiary/aromatic N) is 3. The molecule has 7 nitrogen and oxygen atoms in total. The summed E-state index contributed by atoms with van der Waals surface area (Å²) in [6.07, 6.45) is 0. The van der Waals surface area contributed by atoms with Crippen LogP contribution in [0.3, 0.4) is 0 Å². The molecular weight excluding hydrogens is 250 g/mol. The number of hydrogen-bond donors (Lipinski definition) is 1. The van der Waals surface area contributed by atoms with Crippen molar-refractivity contribution in [2.75, 3.05) is 0 Å². The number of aromatic hydroxyl groups is 1. The van der Waals surface area contributed by atoms with Gasteiger partial charge >= 0.3 is 5.69 Å². The third-order valence-electron chi connectivity index (χ3n) is 2.56. The van der Waals surface area contributed by atoms with Gasteiger partial charge in [0.2, 0.25) is 0 Å². The maximum absolute atomic E-state index is 11.1. The van der Waals surface area contributed by atoms with Crippen LogP contribution >= 0.6 is 0 Å². The van der Waals surface area contributed by atoms with E-state index in [0.29, 0.717) is 18.0 Å². The Kier molecular flexibility index (Phi) is 3.37. The molecule has 100 valence electrons. The van der Waals surface area contributed by atoms with Crippen LogP contribution in [0.1, 0.15) is 12.6 Å². The van der Waals surface area contributed by atoms with Gasteiger partial charge in [-0.2, -0.15) is 5.10 Å².